The third kappa shape index (κ3) is 10.0. The van der Waals surface area contributed by atoms with E-state index in [0.29, 0.717) is 12.0 Å². The number of nitrogens with zero attached hydrogens (tertiary/aromatic N) is 1. The average Bonchev–Trinajstić information content (AvgIpc) is 2.76. The summed E-state index contributed by atoms with van der Waals surface area (Å²) in [4.78, 5) is 0. The van der Waals surface area contributed by atoms with Gasteiger partial charge in [0.05, 0.1) is 24.8 Å². The Morgan fingerprint density at radius 2 is 1.10 bits per heavy atom. The van der Waals surface area contributed by atoms with Gasteiger partial charge in [-0.1, -0.05) is 50.7 Å². The highest BCUT2D eigenvalue weighted by Crippen LogP contribution is 2.15. The summed E-state index contributed by atoms with van der Waals surface area (Å²) < 4.78 is 11.5. The highest BCUT2D eigenvalue weighted by molar-refractivity contribution is 5.34. The van der Waals surface area contributed by atoms with Gasteiger partial charge in [-0.2, -0.15) is 5.26 Å². The zero-order valence-electron chi connectivity index (χ0n) is 17.3. The van der Waals surface area contributed by atoms with E-state index >= 15 is 0 Å². The average molecular weight is 396 g/mol. The summed E-state index contributed by atoms with van der Waals surface area (Å²) in [5.74, 6) is 1.75. The Morgan fingerprint density at radius 1 is 0.655 bits per heavy atom. The van der Waals surface area contributed by atoms with Crippen LogP contribution in [0.4, 0.5) is 0 Å². The fourth-order valence-corrected chi connectivity index (χ4v) is 3.15. The molecule has 2 rings (SSSR count). The van der Waals surface area contributed by atoms with E-state index in [0.717, 1.165) is 43.1 Å². The second-order valence-electron chi connectivity index (χ2n) is 7.28. The Hall–Kier alpha value is -2.51. The number of nitriles is 1. The zero-order valence-corrected chi connectivity index (χ0v) is 17.3. The van der Waals surface area contributed by atoms with Gasteiger partial charge in [-0.25, -0.2) is 0 Å². The van der Waals surface area contributed by atoms with Gasteiger partial charge in [-0.05, 0) is 61.2 Å². The maximum absolute atomic E-state index is 8.92. The largest absolute Gasteiger partial charge is 0.494 e. The molecule has 1 N–H and O–H groups in total. The third-order valence-corrected chi connectivity index (χ3v) is 4.88. The molecular formula is C25H33NO3. The number of aliphatic hydroxyl groups is 1. The molecular weight excluding hydrogens is 362 g/mol. The lowest BCUT2D eigenvalue weighted by Gasteiger charge is -2.07. The number of hydrogen-bond donors (Lipinski definition) is 1. The van der Waals surface area contributed by atoms with Crippen molar-refractivity contribution >= 4 is 0 Å². The molecule has 156 valence electrons. The maximum Gasteiger partial charge on any atom is 0.119 e. The van der Waals surface area contributed by atoms with Crippen molar-refractivity contribution in [3.05, 3.63) is 59.7 Å². The lowest BCUT2D eigenvalue weighted by molar-refractivity contribution is 0.298. The smallest absolute Gasteiger partial charge is 0.119 e. The normalized spacial score (nSPS) is 10.5. The van der Waals surface area contributed by atoms with Crippen molar-refractivity contribution in [1.82, 2.24) is 0 Å². The quantitative estimate of drug-likeness (QED) is 0.395. The van der Waals surface area contributed by atoms with Crippen LogP contribution in [0.15, 0.2) is 48.5 Å². The molecule has 0 spiro atoms. The summed E-state index contributed by atoms with van der Waals surface area (Å²) in [6.07, 6.45) is 10.4. The Morgan fingerprint density at radius 3 is 1.55 bits per heavy atom. The van der Waals surface area contributed by atoms with E-state index < -0.39 is 0 Å². The molecule has 0 aliphatic rings. The molecule has 0 saturated carbocycles. The van der Waals surface area contributed by atoms with Crippen molar-refractivity contribution in [3.63, 3.8) is 0 Å². The molecule has 2 aromatic rings. The molecule has 0 amide bonds. The van der Waals surface area contributed by atoms with Gasteiger partial charge in [0.2, 0.25) is 0 Å². The first kappa shape index (κ1) is 22.8. The van der Waals surface area contributed by atoms with Gasteiger partial charge in [0, 0.05) is 6.61 Å². The Kier molecular flexibility index (Phi) is 11.4. The molecule has 0 heterocycles. The van der Waals surface area contributed by atoms with Crippen LogP contribution >= 0.6 is 0 Å². The molecule has 0 aliphatic heterocycles. The second-order valence-corrected chi connectivity index (χ2v) is 7.28. The number of aliphatic hydroxyl groups excluding tert-OH is 1. The van der Waals surface area contributed by atoms with E-state index in [1.165, 1.54) is 38.5 Å². The monoisotopic (exact) mass is 395 g/mol. The van der Waals surface area contributed by atoms with E-state index in [-0.39, 0.29) is 6.61 Å². The second kappa shape index (κ2) is 14.5. The lowest BCUT2D eigenvalue weighted by Crippen LogP contribution is -1.98. The standard InChI is InChI=1S/C25H33NO3/c26-21-23-11-15-25(16-12-23)29-20-8-6-4-2-1-3-5-7-19-28-24-13-9-22(10-14-24)17-18-27/h9-16,27H,1-8,17-20H2. The molecule has 2 aromatic carbocycles. The van der Waals surface area contributed by atoms with Gasteiger partial charge in [0.25, 0.3) is 0 Å². The van der Waals surface area contributed by atoms with Gasteiger partial charge in [-0.15, -0.1) is 0 Å². The number of unbranched alkanes of at least 4 members (excludes halogenated alkanes) is 7. The molecule has 0 fully saturated rings. The van der Waals surface area contributed by atoms with Crippen LogP contribution in [0.2, 0.25) is 0 Å². The van der Waals surface area contributed by atoms with Crippen LogP contribution < -0.4 is 9.47 Å². The number of ether oxygens (including phenoxy) is 2. The fraction of sp³-hybridized carbons (Fsp3) is 0.480. The summed E-state index contributed by atoms with van der Waals surface area (Å²) in [6.45, 7) is 1.70. The summed E-state index contributed by atoms with van der Waals surface area (Å²) in [5, 5.41) is 17.7. The van der Waals surface area contributed by atoms with E-state index in [4.69, 9.17) is 19.8 Å². The van der Waals surface area contributed by atoms with Crippen molar-refractivity contribution in [3.8, 4) is 17.6 Å². The Labute approximate surface area is 175 Å². The Bertz CT molecular complexity index is 704. The summed E-state index contributed by atoms with van der Waals surface area (Å²) >= 11 is 0. The lowest BCUT2D eigenvalue weighted by atomic mass is 10.1. The highest BCUT2D eigenvalue weighted by Gasteiger charge is 1.98. The molecule has 0 atom stereocenters. The highest BCUT2D eigenvalue weighted by atomic mass is 16.5. The Balaban J connectivity index is 1.37. The zero-order chi connectivity index (χ0) is 20.6. The van der Waals surface area contributed by atoms with Gasteiger partial charge in [0.15, 0.2) is 0 Å². The topological polar surface area (TPSA) is 62.5 Å². The van der Waals surface area contributed by atoms with E-state index in [1.54, 1.807) is 12.1 Å². The van der Waals surface area contributed by atoms with Gasteiger partial charge in [0.1, 0.15) is 11.5 Å². The predicted molar refractivity (Wildman–Crippen MR) is 116 cm³/mol. The van der Waals surface area contributed by atoms with Crippen LogP contribution in [0, 0.1) is 11.3 Å². The molecule has 0 saturated heterocycles. The van der Waals surface area contributed by atoms with Crippen LogP contribution in [-0.4, -0.2) is 24.9 Å². The first-order valence-corrected chi connectivity index (χ1v) is 10.8. The molecule has 0 aromatic heterocycles. The SMILES string of the molecule is N#Cc1ccc(OCCCCCCCCCCOc2ccc(CCO)cc2)cc1. The van der Waals surface area contributed by atoms with Crippen molar-refractivity contribution in [2.75, 3.05) is 19.8 Å². The molecule has 4 nitrogen and oxygen atoms in total. The van der Waals surface area contributed by atoms with Gasteiger partial charge >= 0.3 is 0 Å². The van der Waals surface area contributed by atoms with Crippen molar-refractivity contribution in [2.24, 2.45) is 0 Å². The van der Waals surface area contributed by atoms with Crippen LogP contribution in [-0.2, 0) is 6.42 Å². The van der Waals surface area contributed by atoms with Crippen molar-refractivity contribution in [1.29, 1.82) is 5.26 Å². The fourth-order valence-electron chi connectivity index (χ4n) is 3.15. The number of rotatable bonds is 15. The summed E-state index contributed by atoms with van der Waals surface area (Å²) in [6, 6.07) is 17.4. The molecule has 29 heavy (non-hydrogen) atoms. The van der Waals surface area contributed by atoms with Crippen molar-refractivity contribution < 1.29 is 14.6 Å². The van der Waals surface area contributed by atoms with Crippen LogP contribution in [0.5, 0.6) is 11.5 Å². The molecule has 0 bridgehead atoms. The van der Waals surface area contributed by atoms with E-state index in [9.17, 15) is 0 Å². The van der Waals surface area contributed by atoms with Crippen LogP contribution in [0.25, 0.3) is 0 Å². The number of hydrogen-bond acceptors (Lipinski definition) is 4. The summed E-state index contributed by atoms with van der Waals surface area (Å²) in [7, 11) is 0. The minimum absolute atomic E-state index is 0.187. The maximum atomic E-state index is 8.92. The van der Waals surface area contributed by atoms with Gasteiger partial charge < -0.3 is 14.6 Å². The molecule has 4 heteroatoms. The number of benzene rings is 2. The first-order valence-electron chi connectivity index (χ1n) is 10.8. The molecule has 0 aliphatic carbocycles. The first-order chi connectivity index (χ1) is 14.3. The van der Waals surface area contributed by atoms with Gasteiger partial charge in [-0.3, -0.25) is 0 Å². The van der Waals surface area contributed by atoms with E-state index in [2.05, 4.69) is 6.07 Å². The summed E-state index contributed by atoms with van der Waals surface area (Å²) in [5.41, 5.74) is 1.80. The van der Waals surface area contributed by atoms with Crippen molar-refractivity contribution in [2.45, 2.75) is 57.8 Å². The van der Waals surface area contributed by atoms with Crippen LogP contribution in [0.1, 0.15) is 62.5 Å². The minimum Gasteiger partial charge on any atom is -0.494 e. The predicted octanol–water partition coefficient (Wildman–Crippen LogP) is 5.67. The van der Waals surface area contributed by atoms with Crippen LogP contribution in [0.3, 0.4) is 0 Å². The van der Waals surface area contributed by atoms with E-state index in [1.807, 2.05) is 36.4 Å². The minimum atomic E-state index is 0.187. The molecule has 0 unspecified atom stereocenters. The third-order valence-electron chi connectivity index (χ3n) is 4.88. The molecule has 0 radical (unpaired) electrons.